The predicted octanol–water partition coefficient (Wildman–Crippen LogP) is 3.84. The van der Waals surface area contributed by atoms with Crippen molar-refractivity contribution in [2.45, 2.75) is 37.8 Å². The zero-order chi connectivity index (χ0) is 19.3. The standard InChI is InChI=1S/C21H19N3O3S/c1-27-16-9-5-4-8-14(16)22-15-10-13-17(19-18(15)23-28-24-19)21(26)12-7-3-2-6-11(12)20(13)25/h2-3,6-7,10,14,16,22H,4-5,8-9H2,1H3. The molecule has 1 saturated carbocycles. The van der Waals surface area contributed by atoms with Crippen LogP contribution in [0.3, 0.4) is 0 Å². The number of benzene rings is 2. The Hall–Kier alpha value is -2.64. The number of ether oxygens (including phenoxy) is 1. The van der Waals surface area contributed by atoms with Gasteiger partial charge in [0.25, 0.3) is 0 Å². The van der Waals surface area contributed by atoms with Gasteiger partial charge in [0, 0.05) is 23.8 Å². The maximum Gasteiger partial charge on any atom is 0.196 e. The fraction of sp³-hybridized carbons (Fsp3) is 0.333. The molecule has 1 fully saturated rings. The van der Waals surface area contributed by atoms with E-state index in [9.17, 15) is 9.59 Å². The fourth-order valence-electron chi connectivity index (χ4n) is 4.36. The first kappa shape index (κ1) is 17.5. The lowest BCUT2D eigenvalue weighted by Crippen LogP contribution is -2.38. The number of aromatic nitrogens is 2. The van der Waals surface area contributed by atoms with E-state index in [1.165, 1.54) is 0 Å². The molecule has 0 spiro atoms. The van der Waals surface area contributed by atoms with Crippen LogP contribution in [0.2, 0.25) is 0 Å². The number of rotatable bonds is 3. The molecule has 0 bridgehead atoms. The normalized spacial score (nSPS) is 21.5. The van der Waals surface area contributed by atoms with Crippen molar-refractivity contribution in [1.29, 1.82) is 0 Å². The highest BCUT2D eigenvalue weighted by Gasteiger charge is 2.34. The number of fused-ring (bicyclic) bond motifs is 4. The van der Waals surface area contributed by atoms with Crippen molar-refractivity contribution in [1.82, 2.24) is 8.75 Å². The number of carbonyl (C=O) groups excluding carboxylic acids is 2. The second-order valence-corrected chi connectivity index (χ2v) is 7.85. The molecule has 0 aliphatic heterocycles. The van der Waals surface area contributed by atoms with E-state index in [2.05, 4.69) is 14.1 Å². The Bertz CT molecular complexity index is 1110. The van der Waals surface area contributed by atoms with Crippen LogP contribution in [0.1, 0.15) is 57.5 Å². The van der Waals surface area contributed by atoms with Gasteiger partial charge < -0.3 is 10.1 Å². The number of hydrogen-bond acceptors (Lipinski definition) is 7. The van der Waals surface area contributed by atoms with Gasteiger partial charge in [0.15, 0.2) is 11.6 Å². The largest absolute Gasteiger partial charge is 0.379 e. The van der Waals surface area contributed by atoms with Crippen molar-refractivity contribution in [3.63, 3.8) is 0 Å². The maximum absolute atomic E-state index is 13.1. The first-order valence-electron chi connectivity index (χ1n) is 9.46. The Labute approximate surface area is 166 Å². The van der Waals surface area contributed by atoms with Gasteiger partial charge in [0.2, 0.25) is 0 Å². The van der Waals surface area contributed by atoms with Gasteiger partial charge in [-0.1, -0.05) is 37.1 Å². The molecule has 142 valence electrons. The van der Waals surface area contributed by atoms with Crippen LogP contribution in [0.15, 0.2) is 30.3 Å². The Kier molecular flexibility index (Phi) is 4.21. The van der Waals surface area contributed by atoms with Crippen LogP contribution in [0, 0.1) is 0 Å². The first-order valence-corrected chi connectivity index (χ1v) is 10.2. The monoisotopic (exact) mass is 393 g/mol. The molecule has 3 aromatic rings. The molecule has 1 aromatic heterocycles. The summed E-state index contributed by atoms with van der Waals surface area (Å²) in [6, 6.07) is 8.87. The molecule has 0 saturated heterocycles. The summed E-state index contributed by atoms with van der Waals surface area (Å²) in [5, 5.41) is 3.54. The summed E-state index contributed by atoms with van der Waals surface area (Å²) < 4.78 is 14.4. The van der Waals surface area contributed by atoms with E-state index in [4.69, 9.17) is 4.74 Å². The Morgan fingerprint density at radius 1 is 1.00 bits per heavy atom. The lowest BCUT2D eigenvalue weighted by Gasteiger charge is -2.32. The first-order chi connectivity index (χ1) is 13.7. The third kappa shape index (κ3) is 2.57. The van der Waals surface area contributed by atoms with Crippen LogP contribution >= 0.6 is 11.7 Å². The molecule has 2 unspecified atom stereocenters. The third-order valence-corrected chi connectivity index (χ3v) is 6.30. The molecule has 7 heteroatoms. The van der Waals surface area contributed by atoms with Gasteiger partial charge >= 0.3 is 0 Å². The summed E-state index contributed by atoms with van der Waals surface area (Å²) in [5.41, 5.74) is 3.54. The minimum absolute atomic E-state index is 0.115. The highest BCUT2D eigenvalue weighted by atomic mass is 32.1. The van der Waals surface area contributed by atoms with Crippen molar-refractivity contribution >= 4 is 40.0 Å². The second kappa shape index (κ2) is 6.76. The quantitative estimate of drug-likeness (QED) is 0.570. The van der Waals surface area contributed by atoms with E-state index in [0.717, 1.165) is 43.1 Å². The number of anilines is 1. The summed E-state index contributed by atoms with van der Waals surface area (Å²) in [4.78, 5) is 26.2. The molecule has 2 aliphatic rings. The lowest BCUT2D eigenvalue weighted by molar-refractivity contribution is 0.0606. The number of nitrogens with one attached hydrogen (secondary N) is 1. The van der Waals surface area contributed by atoms with Gasteiger partial charge in [-0.3, -0.25) is 9.59 Å². The van der Waals surface area contributed by atoms with Gasteiger partial charge in [-0.05, 0) is 18.9 Å². The smallest absolute Gasteiger partial charge is 0.196 e. The van der Waals surface area contributed by atoms with Crippen molar-refractivity contribution in [2.24, 2.45) is 0 Å². The van der Waals surface area contributed by atoms with E-state index in [1.54, 1.807) is 37.4 Å². The van der Waals surface area contributed by atoms with Gasteiger partial charge in [-0.2, -0.15) is 8.75 Å². The molecule has 2 aliphatic carbocycles. The zero-order valence-corrected chi connectivity index (χ0v) is 16.2. The highest BCUT2D eigenvalue weighted by Crippen LogP contribution is 2.36. The zero-order valence-electron chi connectivity index (χ0n) is 15.4. The molecule has 2 atom stereocenters. The molecular weight excluding hydrogens is 374 g/mol. The minimum Gasteiger partial charge on any atom is -0.379 e. The molecule has 1 heterocycles. The summed E-state index contributed by atoms with van der Waals surface area (Å²) in [6.45, 7) is 0. The average Bonchev–Trinajstić information content (AvgIpc) is 3.22. The van der Waals surface area contributed by atoms with E-state index in [0.29, 0.717) is 33.3 Å². The van der Waals surface area contributed by atoms with Crippen molar-refractivity contribution in [3.8, 4) is 0 Å². The van der Waals surface area contributed by atoms with Crippen LogP contribution in [-0.2, 0) is 4.74 Å². The van der Waals surface area contributed by atoms with Crippen LogP contribution in [0.5, 0.6) is 0 Å². The van der Waals surface area contributed by atoms with Crippen LogP contribution < -0.4 is 5.32 Å². The molecule has 0 amide bonds. The molecule has 1 N–H and O–H groups in total. The van der Waals surface area contributed by atoms with Crippen LogP contribution in [0.25, 0.3) is 11.0 Å². The molecule has 2 aromatic carbocycles. The molecule has 5 rings (SSSR count). The number of hydrogen-bond donors (Lipinski definition) is 1. The number of nitrogens with zero attached hydrogens (tertiary/aromatic N) is 2. The summed E-state index contributed by atoms with van der Waals surface area (Å²) in [7, 11) is 1.73. The van der Waals surface area contributed by atoms with Crippen LogP contribution in [0.4, 0.5) is 5.69 Å². The fourth-order valence-corrected chi connectivity index (χ4v) is 4.93. The number of carbonyl (C=O) groups is 2. The van der Waals surface area contributed by atoms with Gasteiger partial charge in [-0.15, -0.1) is 0 Å². The van der Waals surface area contributed by atoms with Gasteiger partial charge in [-0.25, -0.2) is 0 Å². The highest BCUT2D eigenvalue weighted by molar-refractivity contribution is 7.00. The van der Waals surface area contributed by atoms with Crippen molar-refractivity contribution < 1.29 is 14.3 Å². The topological polar surface area (TPSA) is 81.2 Å². The molecule has 0 radical (unpaired) electrons. The van der Waals surface area contributed by atoms with E-state index < -0.39 is 0 Å². The van der Waals surface area contributed by atoms with Crippen LogP contribution in [-0.4, -0.2) is 39.6 Å². The second-order valence-electron chi connectivity index (χ2n) is 7.32. The van der Waals surface area contributed by atoms with Crippen molar-refractivity contribution in [3.05, 3.63) is 52.6 Å². The molecule has 6 nitrogen and oxygen atoms in total. The van der Waals surface area contributed by atoms with Gasteiger partial charge in [0.1, 0.15) is 11.0 Å². The van der Waals surface area contributed by atoms with E-state index in [-0.39, 0.29) is 23.7 Å². The average molecular weight is 393 g/mol. The molecular formula is C21H19N3O3S. The van der Waals surface area contributed by atoms with E-state index >= 15 is 0 Å². The SMILES string of the molecule is COC1CCCCC1Nc1cc2c(c3nsnc13)C(=O)c1ccccc1C2=O. The maximum atomic E-state index is 13.1. The Morgan fingerprint density at radius 2 is 1.71 bits per heavy atom. The Morgan fingerprint density at radius 3 is 2.50 bits per heavy atom. The van der Waals surface area contributed by atoms with Crippen molar-refractivity contribution in [2.75, 3.05) is 12.4 Å². The van der Waals surface area contributed by atoms with Gasteiger partial charge in [0.05, 0.1) is 35.1 Å². The molecule has 28 heavy (non-hydrogen) atoms. The summed E-state index contributed by atoms with van der Waals surface area (Å²) in [5.74, 6) is -0.308. The Balaban J connectivity index is 1.65. The third-order valence-electron chi connectivity index (χ3n) is 5.77. The van der Waals surface area contributed by atoms with E-state index in [1.807, 2.05) is 0 Å². The number of ketones is 2. The predicted molar refractivity (Wildman–Crippen MR) is 107 cm³/mol. The summed E-state index contributed by atoms with van der Waals surface area (Å²) >= 11 is 1.06. The lowest BCUT2D eigenvalue weighted by atomic mass is 9.83. The summed E-state index contributed by atoms with van der Waals surface area (Å²) in [6.07, 6.45) is 4.39. The minimum atomic E-state index is -0.165. The number of methoxy groups -OCH3 is 1.